The Morgan fingerprint density at radius 1 is 1.19 bits per heavy atom. The number of benzene rings is 2. The molecule has 2 aromatic rings. The van der Waals surface area contributed by atoms with Gasteiger partial charge in [0.25, 0.3) is 5.91 Å². The van der Waals surface area contributed by atoms with Crippen LogP contribution in [0, 0.1) is 0 Å². The van der Waals surface area contributed by atoms with E-state index in [0.717, 1.165) is 15.8 Å². The number of amides is 1. The van der Waals surface area contributed by atoms with Crippen molar-refractivity contribution < 1.29 is 28.6 Å². The van der Waals surface area contributed by atoms with Crippen LogP contribution in [0.15, 0.2) is 46.9 Å². The van der Waals surface area contributed by atoms with E-state index in [-0.39, 0.29) is 24.7 Å². The zero-order valence-corrected chi connectivity index (χ0v) is 18.9. The van der Waals surface area contributed by atoms with E-state index in [9.17, 15) is 14.4 Å². The largest absolute Gasteiger partial charge is 0.496 e. The van der Waals surface area contributed by atoms with Crippen molar-refractivity contribution in [3.63, 3.8) is 0 Å². The summed E-state index contributed by atoms with van der Waals surface area (Å²) < 4.78 is 16.8. The lowest BCUT2D eigenvalue weighted by Gasteiger charge is -2.27. The lowest BCUT2D eigenvalue weighted by atomic mass is 10.0. The molecule has 2 unspecified atom stereocenters. The number of hydrogen-bond donors (Lipinski definition) is 1. The molecule has 0 aromatic heterocycles. The molecule has 0 radical (unpaired) electrons. The number of rotatable bonds is 8. The summed E-state index contributed by atoms with van der Waals surface area (Å²) in [5.41, 5.74) is 1.28. The zero-order valence-electron chi connectivity index (χ0n) is 17.4. The SMILES string of the molecule is COc1ccc(Br)cc1C(=O)CCC(=O)OC(C)C(=O)NC1CCOc2ccccc21. The number of hydrogen-bond acceptors (Lipinski definition) is 6. The van der Waals surface area contributed by atoms with Crippen LogP contribution in [0.3, 0.4) is 0 Å². The third-order valence-electron chi connectivity index (χ3n) is 4.97. The molecule has 31 heavy (non-hydrogen) atoms. The molecule has 2 aromatic carbocycles. The van der Waals surface area contributed by atoms with Gasteiger partial charge in [-0.15, -0.1) is 0 Å². The van der Waals surface area contributed by atoms with Gasteiger partial charge in [0.1, 0.15) is 11.5 Å². The van der Waals surface area contributed by atoms with Gasteiger partial charge in [-0.1, -0.05) is 34.1 Å². The molecule has 0 saturated heterocycles. The molecule has 0 saturated carbocycles. The van der Waals surface area contributed by atoms with Crippen molar-refractivity contribution in [2.75, 3.05) is 13.7 Å². The fraction of sp³-hybridized carbons (Fsp3) is 0.348. The predicted octanol–water partition coefficient (Wildman–Crippen LogP) is 3.99. The molecular formula is C23H24BrNO6. The van der Waals surface area contributed by atoms with Gasteiger partial charge in [-0.3, -0.25) is 14.4 Å². The van der Waals surface area contributed by atoms with E-state index in [1.54, 1.807) is 18.2 Å². The maximum absolute atomic E-state index is 12.5. The Bertz CT molecular complexity index is 976. The molecule has 1 aliphatic heterocycles. The minimum atomic E-state index is -0.974. The Labute approximate surface area is 189 Å². The summed E-state index contributed by atoms with van der Waals surface area (Å²) in [5, 5.41) is 2.91. The number of halogens is 1. The Hall–Kier alpha value is -2.87. The summed E-state index contributed by atoms with van der Waals surface area (Å²) >= 11 is 3.32. The topological polar surface area (TPSA) is 90.9 Å². The molecule has 1 amide bonds. The van der Waals surface area contributed by atoms with Crippen LogP contribution in [-0.2, 0) is 14.3 Å². The molecule has 0 aliphatic carbocycles. The fourth-order valence-corrected chi connectivity index (χ4v) is 3.70. The Balaban J connectivity index is 1.51. The van der Waals surface area contributed by atoms with Gasteiger partial charge < -0.3 is 19.5 Å². The van der Waals surface area contributed by atoms with Gasteiger partial charge in [0.2, 0.25) is 0 Å². The number of ether oxygens (including phenoxy) is 3. The van der Waals surface area contributed by atoms with Crippen molar-refractivity contribution in [2.24, 2.45) is 0 Å². The van der Waals surface area contributed by atoms with E-state index in [0.29, 0.717) is 24.3 Å². The highest BCUT2D eigenvalue weighted by Crippen LogP contribution is 2.31. The Morgan fingerprint density at radius 3 is 2.74 bits per heavy atom. The van der Waals surface area contributed by atoms with Crippen molar-refractivity contribution in [3.05, 3.63) is 58.1 Å². The maximum atomic E-state index is 12.5. The highest BCUT2D eigenvalue weighted by Gasteiger charge is 2.26. The van der Waals surface area contributed by atoms with Gasteiger partial charge in [0.15, 0.2) is 11.9 Å². The van der Waals surface area contributed by atoms with Crippen molar-refractivity contribution in [3.8, 4) is 11.5 Å². The monoisotopic (exact) mass is 489 g/mol. The average Bonchev–Trinajstić information content (AvgIpc) is 2.77. The quantitative estimate of drug-likeness (QED) is 0.445. The second-order valence-corrected chi connectivity index (χ2v) is 8.05. The van der Waals surface area contributed by atoms with Crippen LogP contribution in [0.5, 0.6) is 11.5 Å². The first kappa shape index (κ1) is 22.8. The Morgan fingerprint density at radius 2 is 1.97 bits per heavy atom. The van der Waals surface area contributed by atoms with E-state index in [1.807, 2.05) is 24.3 Å². The molecule has 164 valence electrons. The van der Waals surface area contributed by atoms with Gasteiger partial charge in [-0.2, -0.15) is 0 Å². The number of carbonyl (C=O) groups excluding carboxylic acids is 3. The molecule has 3 rings (SSSR count). The smallest absolute Gasteiger partial charge is 0.307 e. The highest BCUT2D eigenvalue weighted by atomic mass is 79.9. The summed E-state index contributed by atoms with van der Waals surface area (Å²) in [6, 6.07) is 12.4. The number of ketones is 1. The molecule has 1 aliphatic rings. The number of carbonyl (C=O) groups is 3. The second kappa shape index (κ2) is 10.4. The average molecular weight is 490 g/mol. The van der Waals surface area contributed by atoms with Gasteiger partial charge in [0.05, 0.1) is 31.7 Å². The van der Waals surface area contributed by atoms with E-state index >= 15 is 0 Å². The van der Waals surface area contributed by atoms with Gasteiger partial charge in [0, 0.05) is 22.9 Å². The van der Waals surface area contributed by atoms with Gasteiger partial charge in [-0.25, -0.2) is 0 Å². The van der Waals surface area contributed by atoms with Crippen LogP contribution in [0.25, 0.3) is 0 Å². The first-order chi connectivity index (χ1) is 14.9. The minimum Gasteiger partial charge on any atom is -0.496 e. The fourth-order valence-electron chi connectivity index (χ4n) is 3.34. The van der Waals surface area contributed by atoms with Crippen LogP contribution in [0.4, 0.5) is 0 Å². The Kier molecular flexibility index (Phi) is 7.68. The van der Waals surface area contributed by atoms with E-state index in [1.165, 1.54) is 14.0 Å². The van der Waals surface area contributed by atoms with E-state index in [4.69, 9.17) is 14.2 Å². The number of nitrogens with one attached hydrogen (secondary N) is 1. The molecule has 0 spiro atoms. The lowest BCUT2D eigenvalue weighted by molar-refractivity contribution is -0.155. The summed E-state index contributed by atoms with van der Waals surface area (Å²) in [6.07, 6.45) is -0.524. The van der Waals surface area contributed by atoms with Crippen molar-refractivity contribution in [2.45, 2.75) is 38.3 Å². The number of Topliss-reactive ketones (excluding diaryl/α,β-unsaturated/α-hetero) is 1. The predicted molar refractivity (Wildman–Crippen MR) is 117 cm³/mol. The number of fused-ring (bicyclic) bond motifs is 1. The van der Waals surface area contributed by atoms with Crippen LogP contribution in [0.1, 0.15) is 48.1 Å². The lowest BCUT2D eigenvalue weighted by Crippen LogP contribution is -2.39. The van der Waals surface area contributed by atoms with Crippen LogP contribution >= 0.6 is 15.9 Å². The molecule has 0 fully saturated rings. The maximum Gasteiger partial charge on any atom is 0.307 e. The molecule has 0 bridgehead atoms. The first-order valence-electron chi connectivity index (χ1n) is 9.97. The number of methoxy groups -OCH3 is 1. The third-order valence-corrected chi connectivity index (χ3v) is 5.46. The summed E-state index contributed by atoms with van der Waals surface area (Å²) in [6.45, 7) is 2.01. The molecule has 7 nitrogen and oxygen atoms in total. The van der Waals surface area contributed by atoms with Crippen molar-refractivity contribution in [1.29, 1.82) is 0 Å². The summed E-state index contributed by atoms with van der Waals surface area (Å²) in [7, 11) is 1.48. The zero-order chi connectivity index (χ0) is 22.4. The van der Waals surface area contributed by atoms with Gasteiger partial charge >= 0.3 is 5.97 Å². The first-order valence-corrected chi connectivity index (χ1v) is 10.8. The van der Waals surface area contributed by atoms with Crippen LogP contribution in [-0.4, -0.2) is 37.5 Å². The number of esters is 1. The molecule has 8 heteroatoms. The number of para-hydroxylation sites is 1. The summed E-state index contributed by atoms with van der Waals surface area (Å²) in [5.74, 6) is -0.0744. The van der Waals surface area contributed by atoms with Crippen LogP contribution in [0.2, 0.25) is 0 Å². The normalized spacial score (nSPS) is 15.8. The molecular weight excluding hydrogens is 466 g/mol. The second-order valence-electron chi connectivity index (χ2n) is 7.14. The van der Waals surface area contributed by atoms with E-state index in [2.05, 4.69) is 21.2 Å². The third kappa shape index (κ3) is 5.85. The van der Waals surface area contributed by atoms with E-state index < -0.39 is 18.0 Å². The minimum absolute atomic E-state index is 0.0483. The van der Waals surface area contributed by atoms with Gasteiger partial charge in [-0.05, 0) is 31.2 Å². The standard InChI is InChI=1S/C23H24BrNO6/c1-14(23(28)25-18-11-12-30-21-6-4-3-5-16(18)21)31-22(27)10-8-19(26)17-13-15(24)7-9-20(17)29-2/h3-7,9,13-14,18H,8,10-12H2,1-2H3,(H,25,28). The molecule has 1 heterocycles. The highest BCUT2D eigenvalue weighted by molar-refractivity contribution is 9.10. The molecule has 1 N–H and O–H groups in total. The van der Waals surface area contributed by atoms with Crippen LogP contribution < -0.4 is 14.8 Å². The van der Waals surface area contributed by atoms with Crippen molar-refractivity contribution in [1.82, 2.24) is 5.32 Å². The van der Waals surface area contributed by atoms with Crippen molar-refractivity contribution >= 4 is 33.6 Å². The summed E-state index contributed by atoms with van der Waals surface area (Å²) in [4.78, 5) is 37.2. The molecule has 2 atom stereocenters.